The SMILES string of the molecule is CC/C=C\C/C=C\C/C=C\C/C=C\CCCCC(=O)OCC(COP(=O)(O)OCC(O)COP(=O)(O)OCC(COC(=O)CCCCCCC/C=C\C/C=C\CCCCC)OC(=O)CCCCCCCCCCCCC)OC(=O)CCCCCCC/C=C\CCCCCC. The van der Waals surface area contributed by atoms with Crippen LogP contribution >= 0.6 is 15.6 Å². The molecule has 0 bridgehead atoms. The monoisotopic (exact) mass is 1370 g/mol. The van der Waals surface area contributed by atoms with E-state index in [1.807, 2.05) is 0 Å². The fraction of sp³-hybridized carbons (Fsp3) is 0.760. The molecule has 17 nitrogen and oxygen atoms in total. The highest BCUT2D eigenvalue weighted by atomic mass is 31.2. The first kappa shape index (κ1) is 90.2. The van der Waals surface area contributed by atoms with Gasteiger partial charge in [0.05, 0.1) is 26.4 Å². The zero-order valence-electron chi connectivity index (χ0n) is 59.1. The Hall–Kier alpha value is -3.76. The van der Waals surface area contributed by atoms with Gasteiger partial charge in [0.25, 0.3) is 0 Å². The Morgan fingerprint density at radius 3 is 0.915 bits per heavy atom. The Balaban J connectivity index is 5.35. The van der Waals surface area contributed by atoms with Crippen molar-refractivity contribution < 1.29 is 80.2 Å². The van der Waals surface area contributed by atoms with Crippen molar-refractivity contribution in [3.63, 3.8) is 0 Å². The van der Waals surface area contributed by atoms with Crippen LogP contribution < -0.4 is 0 Å². The Labute approximate surface area is 570 Å². The number of unbranched alkanes of at least 4 members (excludes halogenated alkanes) is 29. The first-order valence-electron chi connectivity index (χ1n) is 36.8. The van der Waals surface area contributed by atoms with Crippen molar-refractivity contribution in [2.24, 2.45) is 0 Å². The van der Waals surface area contributed by atoms with Gasteiger partial charge in [0.2, 0.25) is 0 Å². The van der Waals surface area contributed by atoms with Gasteiger partial charge in [0.15, 0.2) is 12.2 Å². The van der Waals surface area contributed by atoms with Crippen LogP contribution in [0.25, 0.3) is 0 Å². The van der Waals surface area contributed by atoms with E-state index in [1.165, 1.54) is 83.5 Å². The number of esters is 4. The maximum Gasteiger partial charge on any atom is 0.472 e. The highest BCUT2D eigenvalue weighted by molar-refractivity contribution is 7.47. The molecule has 0 aliphatic carbocycles. The number of aliphatic hydroxyl groups excluding tert-OH is 1. The largest absolute Gasteiger partial charge is 0.472 e. The zero-order chi connectivity index (χ0) is 69.0. The normalized spacial score (nSPS) is 14.5. The van der Waals surface area contributed by atoms with E-state index in [2.05, 4.69) is 113 Å². The number of allylic oxidation sites excluding steroid dienone is 14. The van der Waals surface area contributed by atoms with Gasteiger partial charge in [0, 0.05) is 25.7 Å². The van der Waals surface area contributed by atoms with Crippen LogP contribution in [0.1, 0.15) is 310 Å². The lowest BCUT2D eigenvalue weighted by atomic mass is 10.1. The fourth-order valence-corrected chi connectivity index (χ4v) is 11.3. The lowest BCUT2D eigenvalue weighted by molar-refractivity contribution is -0.161. The van der Waals surface area contributed by atoms with E-state index in [-0.39, 0.29) is 25.7 Å². The summed E-state index contributed by atoms with van der Waals surface area (Å²) in [6.07, 6.45) is 67.3. The zero-order valence-corrected chi connectivity index (χ0v) is 60.9. The van der Waals surface area contributed by atoms with Crippen molar-refractivity contribution in [1.29, 1.82) is 0 Å². The van der Waals surface area contributed by atoms with Gasteiger partial charge in [-0.15, -0.1) is 0 Å². The Morgan fingerprint density at radius 2 is 0.553 bits per heavy atom. The van der Waals surface area contributed by atoms with Gasteiger partial charge in [-0.1, -0.05) is 248 Å². The van der Waals surface area contributed by atoms with Gasteiger partial charge in [-0.05, 0) is 122 Å². The molecule has 19 heteroatoms. The van der Waals surface area contributed by atoms with E-state index in [9.17, 15) is 43.2 Å². The molecule has 0 aliphatic heterocycles. The van der Waals surface area contributed by atoms with Gasteiger partial charge < -0.3 is 33.8 Å². The summed E-state index contributed by atoms with van der Waals surface area (Å²) in [5.74, 6) is -2.23. The summed E-state index contributed by atoms with van der Waals surface area (Å²) < 4.78 is 68.3. The summed E-state index contributed by atoms with van der Waals surface area (Å²) >= 11 is 0. The maximum absolute atomic E-state index is 13.0. The summed E-state index contributed by atoms with van der Waals surface area (Å²) in [4.78, 5) is 72.6. The van der Waals surface area contributed by atoms with Crippen LogP contribution in [0, 0.1) is 0 Å². The molecular weight excluding hydrogens is 1230 g/mol. The van der Waals surface area contributed by atoms with Crippen LogP contribution in [0.5, 0.6) is 0 Å². The molecular formula is C75H132O17P2. The second-order valence-corrected chi connectivity index (χ2v) is 27.4. The number of carbonyl (C=O) groups excluding carboxylic acids is 4. The maximum atomic E-state index is 13.0. The quantitative estimate of drug-likeness (QED) is 0.0169. The topological polar surface area (TPSA) is 237 Å². The van der Waals surface area contributed by atoms with Crippen LogP contribution in [0.15, 0.2) is 85.1 Å². The summed E-state index contributed by atoms with van der Waals surface area (Å²) in [5.41, 5.74) is 0. The summed E-state index contributed by atoms with van der Waals surface area (Å²) in [6.45, 7) is 4.65. The molecule has 94 heavy (non-hydrogen) atoms. The molecule has 0 aromatic rings. The van der Waals surface area contributed by atoms with Crippen molar-refractivity contribution in [2.45, 2.75) is 329 Å². The predicted octanol–water partition coefficient (Wildman–Crippen LogP) is 20.7. The minimum atomic E-state index is -4.98. The Kier molecular flexibility index (Phi) is 65.1. The van der Waals surface area contributed by atoms with Crippen molar-refractivity contribution in [3.8, 4) is 0 Å². The molecule has 0 rings (SSSR count). The third-order valence-corrected chi connectivity index (χ3v) is 17.2. The molecule has 0 saturated heterocycles. The van der Waals surface area contributed by atoms with Gasteiger partial charge in [-0.2, -0.15) is 0 Å². The van der Waals surface area contributed by atoms with Crippen molar-refractivity contribution >= 4 is 39.5 Å². The smallest absolute Gasteiger partial charge is 0.462 e. The molecule has 0 aromatic heterocycles. The molecule has 0 radical (unpaired) electrons. The summed E-state index contributed by atoms with van der Waals surface area (Å²) in [6, 6.07) is 0. The molecule has 0 fully saturated rings. The Bertz CT molecular complexity index is 2120. The number of carbonyl (C=O) groups is 4. The average Bonchev–Trinajstić information content (AvgIpc) is 1.55. The molecule has 0 amide bonds. The summed E-state index contributed by atoms with van der Waals surface area (Å²) in [5, 5.41) is 10.6. The highest BCUT2D eigenvalue weighted by Crippen LogP contribution is 2.45. The molecule has 0 spiro atoms. The van der Waals surface area contributed by atoms with Gasteiger partial charge in [0.1, 0.15) is 19.3 Å². The number of hydrogen-bond donors (Lipinski definition) is 3. The minimum Gasteiger partial charge on any atom is -0.462 e. The number of hydrogen-bond acceptors (Lipinski definition) is 15. The first-order chi connectivity index (χ1) is 45.7. The van der Waals surface area contributed by atoms with Crippen LogP contribution in [-0.2, 0) is 65.4 Å². The molecule has 0 heterocycles. The van der Waals surface area contributed by atoms with Crippen LogP contribution in [0.4, 0.5) is 0 Å². The van der Waals surface area contributed by atoms with Gasteiger partial charge in [-0.25, -0.2) is 9.13 Å². The minimum absolute atomic E-state index is 0.0766. The van der Waals surface area contributed by atoms with Crippen LogP contribution in [-0.4, -0.2) is 96.7 Å². The fourth-order valence-electron chi connectivity index (χ4n) is 9.71. The molecule has 3 N–H and O–H groups in total. The number of aliphatic hydroxyl groups is 1. The van der Waals surface area contributed by atoms with Crippen molar-refractivity contribution in [2.75, 3.05) is 39.6 Å². The van der Waals surface area contributed by atoms with E-state index >= 15 is 0 Å². The summed E-state index contributed by atoms with van der Waals surface area (Å²) in [7, 11) is -9.95. The van der Waals surface area contributed by atoms with Crippen molar-refractivity contribution in [1.82, 2.24) is 0 Å². The Morgan fingerprint density at radius 1 is 0.309 bits per heavy atom. The number of phosphoric ester groups is 2. The molecule has 0 aliphatic rings. The molecule has 0 aromatic carbocycles. The lowest BCUT2D eigenvalue weighted by Gasteiger charge is -2.21. The van der Waals surface area contributed by atoms with Crippen molar-refractivity contribution in [3.05, 3.63) is 85.1 Å². The van der Waals surface area contributed by atoms with Gasteiger partial charge in [-0.3, -0.25) is 37.3 Å². The van der Waals surface area contributed by atoms with E-state index in [0.29, 0.717) is 25.7 Å². The molecule has 544 valence electrons. The standard InChI is InChI=1S/C75H132O17P2/c1-5-9-13-17-21-25-29-32-34-37-40-43-47-51-55-59-72(77)85-65-70(91-74(79)61-57-53-49-45-39-28-24-20-16-12-8-4)67-89-93(81,82)87-63-69(76)64-88-94(83,84)90-68-71(92-75(80)62-58-54-50-46-42-36-31-27-23-19-15-11-7-3)66-86-73(78)60-56-52-48-44-41-38-35-33-30-26-22-18-14-10-6-2/h10,14,21-22,25-27,31-35,41,44,69-71,76H,5-9,11-13,15-20,23-24,28-30,36-40,42-43,45-68H2,1-4H3,(H,81,82)(H,83,84)/b14-10-,25-21-,26-22-,31-27-,34-32-,35-33-,44-41-. The molecule has 5 atom stereocenters. The average molecular weight is 1370 g/mol. The highest BCUT2D eigenvalue weighted by Gasteiger charge is 2.30. The number of ether oxygens (including phenoxy) is 4. The third-order valence-electron chi connectivity index (χ3n) is 15.3. The molecule has 5 unspecified atom stereocenters. The van der Waals surface area contributed by atoms with E-state index in [1.54, 1.807) is 0 Å². The second-order valence-electron chi connectivity index (χ2n) is 24.5. The number of rotatable bonds is 69. The predicted molar refractivity (Wildman–Crippen MR) is 381 cm³/mol. The van der Waals surface area contributed by atoms with Crippen LogP contribution in [0.2, 0.25) is 0 Å². The van der Waals surface area contributed by atoms with Gasteiger partial charge >= 0.3 is 39.5 Å². The van der Waals surface area contributed by atoms with E-state index in [4.69, 9.17) is 37.0 Å². The van der Waals surface area contributed by atoms with E-state index < -0.39 is 97.5 Å². The van der Waals surface area contributed by atoms with E-state index in [0.717, 1.165) is 148 Å². The lowest BCUT2D eigenvalue weighted by Crippen LogP contribution is -2.30. The van der Waals surface area contributed by atoms with Crippen LogP contribution in [0.3, 0.4) is 0 Å². The number of phosphoric acid groups is 2. The second kappa shape index (κ2) is 67.8. The third kappa shape index (κ3) is 66.8. The molecule has 0 saturated carbocycles. The first-order valence-corrected chi connectivity index (χ1v) is 39.8.